The topological polar surface area (TPSA) is 95.5 Å². The zero-order chi connectivity index (χ0) is 18.4. The maximum absolute atomic E-state index is 13.8. The first-order valence-electron chi connectivity index (χ1n) is 6.97. The highest BCUT2D eigenvalue weighted by Crippen LogP contribution is 2.17. The summed E-state index contributed by atoms with van der Waals surface area (Å²) in [5.74, 6) is -1.26. The van der Waals surface area contributed by atoms with Gasteiger partial charge in [0.05, 0.1) is 4.90 Å². The number of nitrogens with one attached hydrogen (secondary N) is 2. The quantitative estimate of drug-likeness (QED) is 0.374. The maximum Gasteiger partial charge on any atom is 0.267 e. The number of hydrogen-bond acceptors (Lipinski definition) is 4. The molecule has 0 radical (unpaired) electrons. The summed E-state index contributed by atoms with van der Waals surface area (Å²) in [5.41, 5.74) is 2.09. The number of hydrogen-bond donors (Lipinski definition) is 3. The molecule has 1 amide bonds. The molecule has 6 nitrogen and oxygen atoms in total. The summed E-state index contributed by atoms with van der Waals surface area (Å²) >= 11 is 3.13. The van der Waals surface area contributed by atoms with Crippen LogP contribution in [0.25, 0.3) is 6.08 Å². The van der Waals surface area contributed by atoms with E-state index in [2.05, 4.69) is 20.7 Å². The fourth-order valence-electron chi connectivity index (χ4n) is 1.92. The van der Waals surface area contributed by atoms with Gasteiger partial charge in [-0.15, -0.1) is 0 Å². The SMILES string of the molecule is O=C(C=Cc1cccc(S(=O)(=O)NCc2ccc(Br)cc2F)c1)NO. The van der Waals surface area contributed by atoms with Crippen LogP contribution in [0.4, 0.5) is 4.39 Å². The molecule has 0 heterocycles. The van der Waals surface area contributed by atoms with Crippen LogP contribution in [0.15, 0.2) is 57.9 Å². The molecule has 9 heteroatoms. The first-order valence-corrected chi connectivity index (χ1v) is 9.25. The first-order chi connectivity index (χ1) is 11.8. The van der Waals surface area contributed by atoms with E-state index in [1.807, 2.05) is 0 Å². The molecule has 0 unspecified atom stereocenters. The van der Waals surface area contributed by atoms with Gasteiger partial charge in [-0.3, -0.25) is 10.0 Å². The summed E-state index contributed by atoms with van der Waals surface area (Å²) in [6.45, 7) is -0.200. The van der Waals surface area contributed by atoms with Crippen molar-refractivity contribution < 1.29 is 22.8 Å². The molecular formula is C16H14BrFN2O4S. The Morgan fingerprint density at radius 2 is 2.00 bits per heavy atom. The van der Waals surface area contributed by atoms with E-state index in [1.165, 1.54) is 41.9 Å². The molecule has 0 aliphatic heterocycles. The molecule has 0 aliphatic carbocycles. The molecule has 0 fully saturated rings. The highest BCUT2D eigenvalue weighted by atomic mass is 79.9. The number of benzene rings is 2. The van der Waals surface area contributed by atoms with Crippen LogP contribution in [0.3, 0.4) is 0 Å². The van der Waals surface area contributed by atoms with Gasteiger partial charge < -0.3 is 0 Å². The Bertz CT molecular complexity index is 916. The van der Waals surface area contributed by atoms with Gasteiger partial charge in [0.15, 0.2) is 0 Å². The third-order valence-corrected chi connectivity index (χ3v) is 5.07. The fraction of sp³-hybridized carbons (Fsp3) is 0.0625. The average molecular weight is 429 g/mol. The number of sulfonamides is 1. The molecule has 0 spiro atoms. The van der Waals surface area contributed by atoms with Gasteiger partial charge in [0.1, 0.15) is 5.82 Å². The summed E-state index contributed by atoms with van der Waals surface area (Å²) < 4.78 is 41.3. The van der Waals surface area contributed by atoms with Gasteiger partial charge in [0.25, 0.3) is 5.91 Å². The number of halogens is 2. The van der Waals surface area contributed by atoms with Gasteiger partial charge in [-0.1, -0.05) is 34.1 Å². The zero-order valence-electron chi connectivity index (χ0n) is 12.7. The monoisotopic (exact) mass is 428 g/mol. The molecule has 2 rings (SSSR count). The van der Waals surface area contributed by atoms with E-state index in [9.17, 15) is 17.6 Å². The highest BCUT2D eigenvalue weighted by molar-refractivity contribution is 9.10. The molecule has 3 N–H and O–H groups in total. The van der Waals surface area contributed by atoms with Crippen molar-refractivity contribution in [2.24, 2.45) is 0 Å². The van der Waals surface area contributed by atoms with Crippen molar-refractivity contribution >= 4 is 37.9 Å². The van der Waals surface area contributed by atoms with Crippen LogP contribution < -0.4 is 10.2 Å². The summed E-state index contributed by atoms with van der Waals surface area (Å²) in [7, 11) is -3.86. The van der Waals surface area contributed by atoms with Crippen molar-refractivity contribution in [3.05, 3.63) is 70.0 Å². The highest BCUT2D eigenvalue weighted by Gasteiger charge is 2.15. The van der Waals surface area contributed by atoms with Gasteiger partial charge in [0.2, 0.25) is 10.0 Å². The lowest BCUT2D eigenvalue weighted by Crippen LogP contribution is -2.23. The van der Waals surface area contributed by atoms with Crippen LogP contribution >= 0.6 is 15.9 Å². The molecule has 25 heavy (non-hydrogen) atoms. The lowest BCUT2D eigenvalue weighted by molar-refractivity contribution is -0.124. The smallest absolute Gasteiger partial charge is 0.267 e. The number of hydroxylamine groups is 1. The van der Waals surface area contributed by atoms with Crippen molar-refractivity contribution in [1.82, 2.24) is 10.2 Å². The Kier molecular flexibility index (Phi) is 6.43. The largest absolute Gasteiger partial charge is 0.288 e. The lowest BCUT2D eigenvalue weighted by Gasteiger charge is -2.08. The summed E-state index contributed by atoms with van der Waals surface area (Å²) in [6, 6.07) is 10.2. The normalized spacial score (nSPS) is 11.6. The molecule has 132 valence electrons. The molecule has 0 saturated carbocycles. The fourth-order valence-corrected chi connectivity index (χ4v) is 3.31. The van der Waals surface area contributed by atoms with Gasteiger partial charge in [-0.05, 0) is 35.9 Å². The molecular weight excluding hydrogens is 415 g/mol. The second kappa shape index (κ2) is 8.34. The van der Waals surface area contributed by atoms with Crippen molar-refractivity contribution in [3.63, 3.8) is 0 Å². The second-order valence-electron chi connectivity index (χ2n) is 4.94. The molecule has 2 aromatic rings. The van der Waals surface area contributed by atoms with Gasteiger partial charge in [-0.25, -0.2) is 23.0 Å². The van der Waals surface area contributed by atoms with Crippen molar-refractivity contribution in [1.29, 1.82) is 0 Å². The molecule has 0 aromatic heterocycles. The Morgan fingerprint density at radius 3 is 2.68 bits per heavy atom. The average Bonchev–Trinajstić information content (AvgIpc) is 2.59. The minimum atomic E-state index is -3.86. The van der Waals surface area contributed by atoms with E-state index < -0.39 is 21.7 Å². The summed E-state index contributed by atoms with van der Waals surface area (Å²) in [5, 5.41) is 8.42. The van der Waals surface area contributed by atoms with Crippen LogP contribution in [0.5, 0.6) is 0 Å². The summed E-state index contributed by atoms with van der Waals surface area (Å²) in [4.78, 5) is 10.9. The molecule has 0 atom stereocenters. The Balaban J connectivity index is 2.16. The van der Waals surface area contributed by atoms with Gasteiger partial charge in [-0.2, -0.15) is 0 Å². The first kappa shape index (κ1) is 19.3. The minimum Gasteiger partial charge on any atom is -0.288 e. The van der Waals surface area contributed by atoms with E-state index in [0.717, 1.165) is 6.08 Å². The van der Waals surface area contributed by atoms with Crippen molar-refractivity contribution in [3.8, 4) is 0 Å². The Labute approximate surface area is 152 Å². The number of rotatable bonds is 6. The number of carbonyl (C=O) groups is 1. The lowest BCUT2D eigenvalue weighted by atomic mass is 10.2. The second-order valence-corrected chi connectivity index (χ2v) is 7.62. The van der Waals surface area contributed by atoms with E-state index in [-0.39, 0.29) is 17.0 Å². The van der Waals surface area contributed by atoms with Crippen LogP contribution in [-0.2, 0) is 21.4 Å². The Hall–Kier alpha value is -2.07. The number of carbonyl (C=O) groups excluding carboxylic acids is 1. The van der Waals surface area contributed by atoms with Gasteiger partial charge in [0, 0.05) is 22.7 Å². The van der Waals surface area contributed by atoms with Crippen molar-refractivity contribution in [2.45, 2.75) is 11.4 Å². The van der Waals surface area contributed by atoms with Crippen LogP contribution in [-0.4, -0.2) is 19.5 Å². The molecule has 0 bridgehead atoms. The minimum absolute atomic E-state index is 0.0309. The van der Waals surface area contributed by atoms with E-state index in [0.29, 0.717) is 10.0 Å². The number of amides is 1. The molecule has 0 saturated heterocycles. The standard InChI is InChI=1S/C16H14BrFN2O4S/c17-13-6-5-12(15(18)9-13)10-19-25(23,24)14-3-1-2-11(8-14)4-7-16(21)20-22/h1-9,19,22H,10H2,(H,20,21). The third-order valence-electron chi connectivity index (χ3n) is 3.17. The van der Waals surface area contributed by atoms with E-state index in [4.69, 9.17) is 5.21 Å². The molecule has 2 aromatic carbocycles. The van der Waals surface area contributed by atoms with Crippen molar-refractivity contribution in [2.75, 3.05) is 0 Å². The predicted octanol–water partition coefficient (Wildman–Crippen LogP) is 2.59. The van der Waals surface area contributed by atoms with E-state index >= 15 is 0 Å². The van der Waals surface area contributed by atoms with Gasteiger partial charge >= 0.3 is 0 Å². The van der Waals surface area contributed by atoms with Crippen LogP contribution in [0, 0.1) is 5.82 Å². The third kappa shape index (κ3) is 5.46. The molecule has 0 aliphatic rings. The van der Waals surface area contributed by atoms with E-state index in [1.54, 1.807) is 12.1 Å². The van der Waals surface area contributed by atoms with Crippen LogP contribution in [0.1, 0.15) is 11.1 Å². The summed E-state index contributed by atoms with van der Waals surface area (Å²) in [6.07, 6.45) is 2.40. The predicted molar refractivity (Wildman–Crippen MR) is 93.5 cm³/mol. The Morgan fingerprint density at radius 1 is 1.24 bits per heavy atom. The maximum atomic E-state index is 13.8. The van der Waals surface area contributed by atoms with Crippen LogP contribution in [0.2, 0.25) is 0 Å². The zero-order valence-corrected chi connectivity index (χ0v) is 15.1.